The number of phenolic OH excluding ortho intramolecular Hbond substituents is 1. The Labute approximate surface area is 165 Å². The van der Waals surface area contributed by atoms with Crippen LogP contribution in [0, 0.1) is 13.8 Å². The Balaban J connectivity index is 1.45. The van der Waals surface area contributed by atoms with Crippen LogP contribution < -0.4 is 10.1 Å². The largest absolute Gasteiger partial charge is 0.508 e. The van der Waals surface area contributed by atoms with Crippen molar-refractivity contribution in [3.05, 3.63) is 59.2 Å². The van der Waals surface area contributed by atoms with Gasteiger partial charge < -0.3 is 20.1 Å². The molecule has 2 N–H and O–H groups in total. The van der Waals surface area contributed by atoms with E-state index in [0.717, 1.165) is 16.9 Å². The van der Waals surface area contributed by atoms with Crippen molar-refractivity contribution in [1.29, 1.82) is 0 Å². The summed E-state index contributed by atoms with van der Waals surface area (Å²) in [5.74, 6) is 0.552. The number of ether oxygens (including phenoxy) is 1. The molecule has 0 radical (unpaired) electrons. The maximum Gasteiger partial charge on any atom is 0.258 e. The van der Waals surface area contributed by atoms with Gasteiger partial charge in [0, 0.05) is 24.7 Å². The van der Waals surface area contributed by atoms with Gasteiger partial charge in [0.2, 0.25) is 0 Å². The molecule has 148 valence electrons. The molecule has 2 aromatic rings. The summed E-state index contributed by atoms with van der Waals surface area (Å²) in [6.07, 6.45) is 1.39. The van der Waals surface area contributed by atoms with Gasteiger partial charge in [0.05, 0.1) is 0 Å². The zero-order valence-electron chi connectivity index (χ0n) is 16.3. The molecule has 0 saturated carbocycles. The molecule has 1 aliphatic heterocycles. The third-order valence-electron chi connectivity index (χ3n) is 5.15. The van der Waals surface area contributed by atoms with Gasteiger partial charge in [0.25, 0.3) is 11.8 Å². The van der Waals surface area contributed by atoms with E-state index in [0.29, 0.717) is 31.5 Å². The summed E-state index contributed by atoms with van der Waals surface area (Å²) in [5.41, 5.74) is 2.64. The SMILES string of the molecule is Cc1cccc(OCC(=O)NC2CCN(C(=O)c3cccc(O)c3)CC2)c1C. The zero-order chi connectivity index (χ0) is 20.1. The first-order chi connectivity index (χ1) is 13.4. The molecule has 1 heterocycles. The van der Waals surface area contributed by atoms with E-state index in [1.54, 1.807) is 23.1 Å². The van der Waals surface area contributed by atoms with E-state index in [9.17, 15) is 14.7 Å². The molecule has 2 aromatic carbocycles. The van der Waals surface area contributed by atoms with Gasteiger partial charge >= 0.3 is 0 Å². The number of nitrogens with zero attached hydrogens (tertiary/aromatic N) is 1. The summed E-state index contributed by atoms with van der Waals surface area (Å²) in [6, 6.07) is 12.2. The Morgan fingerprint density at radius 3 is 2.57 bits per heavy atom. The Morgan fingerprint density at radius 1 is 1.14 bits per heavy atom. The molecular formula is C22H26N2O4. The van der Waals surface area contributed by atoms with E-state index in [-0.39, 0.29) is 30.2 Å². The number of rotatable bonds is 5. The number of benzene rings is 2. The van der Waals surface area contributed by atoms with Crippen molar-refractivity contribution >= 4 is 11.8 Å². The molecule has 6 heteroatoms. The molecule has 0 atom stereocenters. The van der Waals surface area contributed by atoms with Crippen molar-refractivity contribution < 1.29 is 19.4 Å². The monoisotopic (exact) mass is 382 g/mol. The number of carbonyl (C=O) groups excluding carboxylic acids is 2. The molecular weight excluding hydrogens is 356 g/mol. The second-order valence-corrected chi connectivity index (χ2v) is 7.17. The maximum atomic E-state index is 12.5. The fourth-order valence-electron chi connectivity index (χ4n) is 3.34. The molecule has 0 bridgehead atoms. The summed E-state index contributed by atoms with van der Waals surface area (Å²) in [6.45, 7) is 5.09. The lowest BCUT2D eigenvalue weighted by atomic mass is 10.0. The predicted octanol–water partition coefficient (Wildman–Crippen LogP) is 2.81. The van der Waals surface area contributed by atoms with Gasteiger partial charge in [0.15, 0.2) is 6.61 Å². The number of aryl methyl sites for hydroxylation is 1. The molecule has 1 aliphatic rings. The van der Waals surface area contributed by atoms with Gasteiger partial charge in [-0.25, -0.2) is 0 Å². The lowest BCUT2D eigenvalue weighted by Crippen LogP contribution is -2.47. The number of phenols is 1. The minimum Gasteiger partial charge on any atom is -0.508 e. The number of aromatic hydroxyl groups is 1. The number of hydrogen-bond donors (Lipinski definition) is 2. The average molecular weight is 382 g/mol. The summed E-state index contributed by atoms with van der Waals surface area (Å²) in [5, 5.41) is 12.5. The second kappa shape index (κ2) is 8.78. The van der Waals surface area contributed by atoms with Crippen molar-refractivity contribution in [2.24, 2.45) is 0 Å². The Kier molecular flexibility index (Phi) is 6.19. The second-order valence-electron chi connectivity index (χ2n) is 7.17. The fourth-order valence-corrected chi connectivity index (χ4v) is 3.34. The van der Waals surface area contributed by atoms with Crippen LogP contribution in [0.2, 0.25) is 0 Å². The minimum absolute atomic E-state index is 0.0211. The Morgan fingerprint density at radius 2 is 1.86 bits per heavy atom. The van der Waals surface area contributed by atoms with Gasteiger partial charge in [0.1, 0.15) is 11.5 Å². The van der Waals surface area contributed by atoms with Gasteiger partial charge in [-0.3, -0.25) is 9.59 Å². The third-order valence-corrected chi connectivity index (χ3v) is 5.15. The molecule has 1 fully saturated rings. The van der Waals surface area contributed by atoms with Crippen LogP contribution in [0.25, 0.3) is 0 Å². The van der Waals surface area contributed by atoms with Crippen molar-refractivity contribution in [1.82, 2.24) is 10.2 Å². The molecule has 0 spiro atoms. The van der Waals surface area contributed by atoms with E-state index in [2.05, 4.69) is 5.32 Å². The van der Waals surface area contributed by atoms with Crippen LogP contribution >= 0.6 is 0 Å². The molecule has 3 rings (SSSR count). The first kappa shape index (κ1) is 19.7. The standard InChI is InChI=1S/C22H26N2O4/c1-15-5-3-8-20(16(15)2)28-14-21(26)23-18-9-11-24(12-10-18)22(27)17-6-4-7-19(25)13-17/h3-8,13,18,25H,9-12,14H2,1-2H3,(H,23,26). The summed E-state index contributed by atoms with van der Waals surface area (Å²) in [4.78, 5) is 26.5. The Hall–Kier alpha value is -3.02. The van der Waals surface area contributed by atoms with Crippen molar-refractivity contribution in [2.75, 3.05) is 19.7 Å². The van der Waals surface area contributed by atoms with Crippen LogP contribution in [-0.4, -0.2) is 47.6 Å². The van der Waals surface area contributed by atoms with E-state index >= 15 is 0 Å². The predicted molar refractivity (Wildman–Crippen MR) is 107 cm³/mol. The van der Waals surface area contributed by atoms with E-state index in [4.69, 9.17) is 4.74 Å². The summed E-state index contributed by atoms with van der Waals surface area (Å²) < 4.78 is 5.65. The molecule has 0 aliphatic carbocycles. The first-order valence-corrected chi connectivity index (χ1v) is 9.50. The number of hydrogen-bond acceptors (Lipinski definition) is 4. The van der Waals surface area contributed by atoms with E-state index < -0.39 is 0 Å². The highest BCUT2D eigenvalue weighted by Crippen LogP contribution is 2.20. The molecule has 1 saturated heterocycles. The topological polar surface area (TPSA) is 78.9 Å². The normalized spacial score (nSPS) is 14.6. The molecule has 0 aromatic heterocycles. The molecule has 2 amide bonds. The highest BCUT2D eigenvalue weighted by molar-refractivity contribution is 5.94. The smallest absolute Gasteiger partial charge is 0.258 e. The van der Waals surface area contributed by atoms with Crippen LogP contribution in [0.1, 0.15) is 34.3 Å². The number of carbonyl (C=O) groups is 2. The quantitative estimate of drug-likeness (QED) is 0.834. The van der Waals surface area contributed by atoms with Gasteiger partial charge in [-0.15, -0.1) is 0 Å². The minimum atomic E-state index is -0.154. The van der Waals surface area contributed by atoms with Crippen molar-refractivity contribution in [3.63, 3.8) is 0 Å². The number of piperidine rings is 1. The van der Waals surface area contributed by atoms with E-state index in [1.165, 1.54) is 6.07 Å². The van der Waals surface area contributed by atoms with E-state index in [1.807, 2.05) is 32.0 Å². The number of likely N-dealkylation sites (tertiary alicyclic amines) is 1. The summed E-state index contributed by atoms with van der Waals surface area (Å²) in [7, 11) is 0. The van der Waals surface area contributed by atoms with Crippen molar-refractivity contribution in [2.45, 2.75) is 32.7 Å². The van der Waals surface area contributed by atoms with Gasteiger partial charge in [-0.05, 0) is 62.1 Å². The number of nitrogens with one attached hydrogen (secondary N) is 1. The van der Waals surface area contributed by atoms with Crippen LogP contribution in [0.3, 0.4) is 0 Å². The first-order valence-electron chi connectivity index (χ1n) is 9.50. The molecule has 28 heavy (non-hydrogen) atoms. The van der Waals surface area contributed by atoms with Gasteiger partial charge in [-0.1, -0.05) is 18.2 Å². The maximum absolute atomic E-state index is 12.5. The highest BCUT2D eigenvalue weighted by atomic mass is 16.5. The average Bonchev–Trinajstić information content (AvgIpc) is 2.69. The fraction of sp³-hybridized carbons (Fsp3) is 0.364. The summed E-state index contributed by atoms with van der Waals surface area (Å²) >= 11 is 0. The molecule has 6 nitrogen and oxygen atoms in total. The zero-order valence-corrected chi connectivity index (χ0v) is 16.3. The third kappa shape index (κ3) is 4.82. The van der Waals surface area contributed by atoms with Crippen LogP contribution in [-0.2, 0) is 4.79 Å². The van der Waals surface area contributed by atoms with Crippen LogP contribution in [0.15, 0.2) is 42.5 Å². The van der Waals surface area contributed by atoms with Gasteiger partial charge in [-0.2, -0.15) is 0 Å². The highest BCUT2D eigenvalue weighted by Gasteiger charge is 2.24. The van der Waals surface area contributed by atoms with Crippen LogP contribution in [0.5, 0.6) is 11.5 Å². The lowest BCUT2D eigenvalue weighted by Gasteiger charge is -2.32. The van der Waals surface area contributed by atoms with Crippen LogP contribution in [0.4, 0.5) is 0 Å². The molecule has 0 unspecified atom stereocenters. The lowest BCUT2D eigenvalue weighted by molar-refractivity contribution is -0.124. The number of amides is 2. The van der Waals surface area contributed by atoms with Crippen molar-refractivity contribution in [3.8, 4) is 11.5 Å². The Bertz CT molecular complexity index is 857.